The third kappa shape index (κ3) is 3.75. The number of nitrogens with one attached hydrogen (secondary N) is 1. The molecule has 15 heavy (non-hydrogen) atoms. The first-order valence-electron chi connectivity index (χ1n) is 4.97. The second kappa shape index (κ2) is 5.56. The highest BCUT2D eigenvalue weighted by atomic mass is 19.1. The van der Waals surface area contributed by atoms with E-state index < -0.39 is 5.82 Å². The average Bonchev–Trinajstić information content (AvgIpc) is 2.17. The van der Waals surface area contributed by atoms with Crippen molar-refractivity contribution in [3.63, 3.8) is 0 Å². The summed E-state index contributed by atoms with van der Waals surface area (Å²) in [5.74, 6) is -0.741. The Hall–Kier alpha value is -1.29. The van der Waals surface area contributed by atoms with E-state index in [1.54, 1.807) is 0 Å². The van der Waals surface area contributed by atoms with E-state index in [1.807, 2.05) is 13.8 Å². The number of ketones is 1. The maximum absolute atomic E-state index is 13.1. The third-order valence-electron chi connectivity index (χ3n) is 1.98. The zero-order chi connectivity index (χ0) is 11.3. The second-order valence-electron chi connectivity index (χ2n) is 3.64. The molecule has 1 rings (SSSR count). The number of Topliss-reactive ketones (excluding diaryl/α,β-unsaturated/α-hetero) is 1. The summed E-state index contributed by atoms with van der Waals surface area (Å²) in [6, 6.07) is 1.74. The lowest BCUT2D eigenvalue weighted by Crippen LogP contribution is -2.25. The highest BCUT2D eigenvalue weighted by Crippen LogP contribution is 2.07. The van der Waals surface area contributed by atoms with E-state index in [-0.39, 0.29) is 11.3 Å². The van der Waals surface area contributed by atoms with Crippen LogP contribution in [0.2, 0.25) is 0 Å². The molecule has 1 aromatic heterocycles. The van der Waals surface area contributed by atoms with Crippen LogP contribution in [0.1, 0.15) is 30.6 Å². The lowest BCUT2D eigenvalue weighted by molar-refractivity contribution is 0.0978. The summed E-state index contributed by atoms with van der Waals surface area (Å²) in [5, 5.41) is 3.11. The first kappa shape index (κ1) is 11.8. The minimum absolute atomic E-state index is 0.121. The number of hydrogen-bond acceptors (Lipinski definition) is 3. The fourth-order valence-electron chi connectivity index (χ4n) is 1.21. The quantitative estimate of drug-likeness (QED) is 0.753. The van der Waals surface area contributed by atoms with Crippen LogP contribution in [0.25, 0.3) is 0 Å². The summed E-state index contributed by atoms with van der Waals surface area (Å²) in [7, 11) is 0. The van der Waals surface area contributed by atoms with Crippen LogP contribution in [0.4, 0.5) is 4.39 Å². The van der Waals surface area contributed by atoms with Crippen molar-refractivity contribution < 1.29 is 9.18 Å². The van der Waals surface area contributed by atoms with Crippen LogP contribution in [0, 0.1) is 5.82 Å². The Morgan fingerprint density at radius 1 is 1.60 bits per heavy atom. The Kier molecular flexibility index (Phi) is 4.37. The van der Waals surface area contributed by atoms with Crippen molar-refractivity contribution in [3.8, 4) is 0 Å². The number of carbonyl (C=O) groups is 1. The lowest BCUT2D eigenvalue weighted by atomic mass is 10.1. The number of hydrogen-bond donors (Lipinski definition) is 1. The van der Waals surface area contributed by atoms with Crippen LogP contribution < -0.4 is 5.32 Å². The molecule has 0 radical (unpaired) electrons. The van der Waals surface area contributed by atoms with Gasteiger partial charge in [0.05, 0.1) is 11.8 Å². The topological polar surface area (TPSA) is 42.0 Å². The second-order valence-corrected chi connectivity index (χ2v) is 3.64. The van der Waals surface area contributed by atoms with Crippen molar-refractivity contribution >= 4 is 5.78 Å². The van der Waals surface area contributed by atoms with Gasteiger partial charge in [-0.25, -0.2) is 4.39 Å². The Balaban J connectivity index is 2.51. The molecule has 1 heterocycles. The Morgan fingerprint density at radius 3 is 2.93 bits per heavy atom. The molecular weight excluding hydrogens is 195 g/mol. The molecule has 1 aromatic rings. The van der Waals surface area contributed by atoms with E-state index >= 15 is 0 Å². The Labute approximate surface area is 88.7 Å². The molecule has 0 spiro atoms. The molecule has 1 N–H and O–H groups in total. The van der Waals surface area contributed by atoms with E-state index in [2.05, 4.69) is 10.3 Å². The van der Waals surface area contributed by atoms with Gasteiger partial charge in [0.2, 0.25) is 0 Å². The highest BCUT2D eigenvalue weighted by molar-refractivity contribution is 5.96. The van der Waals surface area contributed by atoms with Crippen molar-refractivity contribution in [1.29, 1.82) is 0 Å². The molecule has 0 amide bonds. The summed E-state index contributed by atoms with van der Waals surface area (Å²) < 4.78 is 13.1. The summed E-state index contributed by atoms with van der Waals surface area (Å²) in [4.78, 5) is 15.1. The monoisotopic (exact) mass is 210 g/mol. The number of halogens is 1. The first-order chi connectivity index (χ1) is 7.11. The first-order valence-corrected chi connectivity index (χ1v) is 4.97. The van der Waals surface area contributed by atoms with E-state index in [0.717, 1.165) is 6.20 Å². The van der Waals surface area contributed by atoms with Gasteiger partial charge in [-0.05, 0) is 6.07 Å². The minimum Gasteiger partial charge on any atom is -0.314 e. The van der Waals surface area contributed by atoms with E-state index in [1.165, 1.54) is 12.3 Å². The van der Waals surface area contributed by atoms with Crippen LogP contribution in [0.3, 0.4) is 0 Å². The lowest BCUT2D eigenvalue weighted by Gasteiger charge is -2.07. The smallest absolute Gasteiger partial charge is 0.167 e. The maximum Gasteiger partial charge on any atom is 0.167 e. The molecule has 0 atom stereocenters. The number of aromatic nitrogens is 1. The van der Waals surface area contributed by atoms with Crippen LogP contribution in [-0.4, -0.2) is 23.4 Å². The van der Waals surface area contributed by atoms with Gasteiger partial charge in [-0.15, -0.1) is 0 Å². The number of rotatable bonds is 5. The molecule has 0 aliphatic carbocycles. The van der Waals surface area contributed by atoms with Gasteiger partial charge in [0, 0.05) is 25.2 Å². The van der Waals surface area contributed by atoms with Gasteiger partial charge < -0.3 is 5.32 Å². The largest absolute Gasteiger partial charge is 0.314 e. The van der Waals surface area contributed by atoms with Crippen molar-refractivity contribution in [2.75, 3.05) is 6.54 Å². The van der Waals surface area contributed by atoms with Crippen LogP contribution >= 0.6 is 0 Å². The molecule has 3 nitrogen and oxygen atoms in total. The number of pyridine rings is 1. The van der Waals surface area contributed by atoms with E-state index in [9.17, 15) is 9.18 Å². The summed E-state index contributed by atoms with van der Waals surface area (Å²) >= 11 is 0. The number of nitrogens with zero attached hydrogens (tertiary/aromatic N) is 1. The zero-order valence-corrected chi connectivity index (χ0v) is 8.96. The summed E-state index contributed by atoms with van der Waals surface area (Å²) in [6.07, 6.45) is 2.79. The van der Waals surface area contributed by atoms with Crippen LogP contribution in [0.15, 0.2) is 18.5 Å². The standard InChI is InChI=1S/C11H15FN2O/c1-8(2)14-6-4-11(15)9-3-5-13-7-10(9)12/h3,5,7-8,14H,4,6H2,1-2H3. The van der Waals surface area contributed by atoms with Gasteiger partial charge in [-0.2, -0.15) is 0 Å². The van der Waals surface area contributed by atoms with Gasteiger partial charge in [0.1, 0.15) is 0 Å². The van der Waals surface area contributed by atoms with Crippen LogP contribution in [0.5, 0.6) is 0 Å². The van der Waals surface area contributed by atoms with Gasteiger partial charge in [0.15, 0.2) is 11.6 Å². The Bertz CT molecular complexity index is 339. The normalized spacial score (nSPS) is 10.7. The molecule has 0 aliphatic rings. The Morgan fingerprint density at radius 2 is 2.33 bits per heavy atom. The molecule has 0 saturated carbocycles. The fourth-order valence-corrected chi connectivity index (χ4v) is 1.21. The van der Waals surface area contributed by atoms with Gasteiger partial charge in [-0.3, -0.25) is 9.78 Å². The van der Waals surface area contributed by atoms with Gasteiger partial charge in [0.25, 0.3) is 0 Å². The van der Waals surface area contributed by atoms with Crippen molar-refractivity contribution in [2.24, 2.45) is 0 Å². The molecule has 0 fully saturated rings. The van der Waals surface area contributed by atoms with Crippen molar-refractivity contribution in [1.82, 2.24) is 10.3 Å². The predicted octanol–water partition coefficient (Wildman–Crippen LogP) is 1.79. The average molecular weight is 210 g/mol. The third-order valence-corrected chi connectivity index (χ3v) is 1.98. The fraction of sp³-hybridized carbons (Fsp3) is 0.455. The van der Waals surface area contributed by atoms with Gasteiger partial charge >= 0.3 is 0 Å². The zero-order valence-electron chi connectivity index (χ0n) is 8.96. The highest BCUT2D eigenvalue weighted by Gasteiger charge is 2.10. The van der Waals surface area contributed by atoms with Gasteiger partial charge in [-0.1, -0.05) is 13.8 Å². The molecule has 0 aromatic carbocycles. The molecule has 82 valence electrons. The minimum atomic E-state index is -0.549. The molecule has 0 saturated heterocycles. The van der Waals surface area contributed by atoms with E-state index in [4.69, 9.17) is 0 Å². The summed E-state index contributed by atoms with van der Waals surface area (Å²) in [5.41, 5.74) is 0.121. The SMILES string of the molecule is CC(C)NCCC(=O)c1ccncc1F. The molecule has 0 aliphatic heterocycles. The maximum atomic E-state index is 13.1. The predicted molar refractivity (Wildman–Crippen MR) is 56.3 cm³/mol. The number of carbonyl (C=O) groups excluding carboxylic acids is 1. The molecule has 4 heteroatoms. The molecular formula is C11H15FN2O. The van der Waals surface area contributed by atoms with Crippen molar-refractivity contribution in [2.45, 2.75) is 26.3 Å². The van der Waals surface area contributed by atoms with E-state index in [0.29, 0.717) is 19.0 Å². The summed E-state index contributed by atoms with van der Waals surface area (Å²) in [6.45, 7) is 4.56. The molecule has 0 unspecified atom stereocenters. The molecule has 0 bridgehead atoms. The van der Waals surface area contributed by atoms with Crippen LogP contribution in [-0.2, 0) is 0 Å². The van der Waals surface area contributed by atoms with Crippen molar-refractivity contribution in [3.05, 3.63) is 29.8 Å².